The third-order valence-corrected chi connectivity index (χ3v) is 0.866. The lowest BCUT2D eigenvalue weighted by atomic mass is 10.7. The average molecular weight is 122 g/mol. The third-order valence-electron chi connectivity index (χ3n) is 0.866. The zero-order chi connectivity index (χ0) is 6.69. The molecule has 0 bridgehead atoms. The molecule has 4 nitrogen and oxygen atoms in total. The Morgan fingerprint density at radius 2 is 2.44 bits per heavy atom. The maximum atomic E-state index is 3.76. The summed E-state index contributed by atoms with van der Waals surface area (Å²) in [6, 6.07) is 0. The minimum absolute atomic E-state index is 0.528. The van der Waals surface area contributed by atoms with Crippen molar-refractivity contribution < 1.29 is 0 Å². The molecule has 0 spiro atoms. The van der Waals surface area contributed by atoms with Crippen molar-refractivity contribution in [2.75, 3.05) is 0 Å². The minimum Gasteiger partial charge on any atom is -0.225 e. The Hall–Kier alpha value is -1.45. The summed E-state index contributed by atoms with van der Waals surface area (Å²) in [6.45, 7) is 6.85. The predicted octanol–water partition coefficient (Wildman–Crippen LogP) is 0.445. The predicted molar refractivity (Wildman–Crippen MR) is 37.5 cm³/mol. The molecule has 1 heterocycles. The van der Waals surface area contributed by atoms with Gasteiger partial charge in [0.05, 0.1) is 0 Å². The molecule has 0 saturated carbocycles. The standard InChI is InChI=1S/C5H6N4/c1-5-8-3-7-4-9(5)6-2/h3-4H,1-2H2. The summed E-state index contributed by atoms with van der Waals surface area (Å²) in [5.41, 5.74) is 0. The van der Waals surface area contributed by atoms with E-state index in [9.17, 15) is 0 Å². The van der Waals surface area contributed by atoms with Gasteiger partial charge in [-0.25, -0.2) is 15.0 Å². The summed E-state index contributed by atoms with van der Waals surface area (Å²) in [4.78, 5) is 7.45. The van der Waals surface area contributed by atoms with Crippen molar-refractivity contribution in [3.63, 3.8) is 0 Å². The highest BCUT2D eigenvalue weighted by Gasteiger charge is 2.00. The number of hydrazone groups is 1. The molecule has 0 aromatic carbocycles. The molecule has 0 N–H and O–H groups in total. The Kier molecular flexibility index (Phi) is 1.40. The van der Waals surface area contributed by atoms with E-state index in [4.69, 9.17) is 0 Å². The van der Waals surface area contributed by atoms with Crippen LogP contribution in [0.5, 0.6) is 0 Å². The van der Waals surface area contributed by atoms with E-state index in [1.165, 1.54) is 17.7 Å². The van der Waals surface area contributed by atoms with Gasteiger partial charge in [0, 0.05) is 6.72 Å². The molecule has 0 amide bonds. The lowest BCUT2D eigenvalue weighted by Gasteiger charge is -2.12. The van der Waals surface area contributed by atoms with Gasteiger partial charge in [-0.3, -0.25) is 0 Å². The van der Waals surface area contributed by atoms with E-state index in [-0.39, 0.29) is 0 Å². The number of nitrogens with zero attached hydrogens (tertiary/aromatic N) is 4. The number of hydrogen-bond donors (Lipinski definition) is 0. The van der Waals surface area contributed by atoms with Crippen LogP contribution in [0.15, 0.2) is 27.5 Å². The Bertz CT molecular complexity index is 191. The van der Waals surface area contributed by atoms with Crippen LogP contribution < -0.4 is 0 Å². The van der Waals surface area contributed by atoms with Gasteiger partial charge in [0.25, 0.3) is 0 Å². The molecule has 0 aromatic rings. The van der Waals surface area contributed by atoms with Crippen molar-refractivity contribution in [2.24, 2.45) is 15.1 Å². The molecule has 0 aromatic heterocycles. The first-order valence-corrected chi connectivity index (χ1v) is 2.35. The molecule has 0 aliphatic carbocycles. The second-order valence-electron chi connectivity index (χ2n) is 1.41. The van der Waals surface area contributed by atoms with Crippen LogP contribution in [0.2, 0.25) is 0 Å². The maximum Gasteiger partial charge on any atom is 0.149 e. The molecule has 0 atom stereocenters. The summed E-state index contributed by atoms with van der Waals surface area (Å²) in [5, 5.41) is 4.94. The third kappa shape index (κ3) is 1.02. The molecule has 0 radical (unpaired) electrons. The van der Waals surface area contributed by atoms with Crippen LogP contribution in [0.1, 0.15) is 0 Å². The Morgan fingerprint density at radius 1 is 1.67 bits per heavy atom. The van der Waals surface area contributed by atoms with Crippen molar-refractivity contribution in [3.05, 3.63) is 12.4 Å². The van der Waals surface area contributed by atoms with E-state index in [1.807, 2.05) is 0 Å². The zero-order valence-corrected chi connectivity index (χ0v) is 4.86. The average Bonchev–Trinajstić information content (AvgIpc) is 1.89. The van der Waals surface area contributed by atoms with Crippen LogP contribution in [-0.4, -0.2) is 24.4 Å². The molecule has 0 saturated heterocycles. The number of hydrogen-bond acceptors (Lipinski definition) is 4. The second kappa shape index (κ2) is 2.21. The fraction of sp³-hybridized carbons (Fsp3) is 0. The van der Waals surface area contributed by atoms with E-state index >= 15 is 0 Å². The lowest BCUT2D eigenvalue weighted by molar-refractivity contribution is 0.565. The molecule has 46 valence electrons. The SMILES string of the molecule is C=NN1C=NC=NC1=C. The van der Waals surface area contributed by atoms with E-state index in [0.717, 1.165) is 0 Å². The summed E-state index contributed by atoms with van der Waals surface area (Å²) in [5.74, 6) is 0.528. The van der Waals surface area contributed by atoms with Crippen LogP contribution >= 0.6 is 0 Å². The number of rotatable bonds is 1. The van der Waals surface area contributed by atoms with Gasteiger partial charge in [-0.2, -0.15) is 5.10 Å². The zero-order valence-electron chi connectivity index (χ0n) is 4.86. The van der Waals surface area contributed by atoms with Gasteiger partial charge < -0.3 is 0 Å². The fourth-order valence-electron chi connectivity index (χ4n) is 0.437. The van der Waals surface area contributed by atoms with E-state index in [1.54, 1.807) is 0 Å². The molecule has 1 aliphatic heterocycles. The van der Waals surface area contributed by atoms with Gasteiger partial charge in [-0.05, 0) is 0 Å². The normalized spacial score (nSPS) is 16.4. The summed E-state index contributed by atoms with van der Waals surface area (Å²) in [6.07, 6.45) is 2.90. The van der Waals surface area contributed by atoms with Gasteiger partial charge >= 0.3 is 0 Å². The van der Waals surface area contributed by atoms with Gasteiger partial charge in [-0.1, -0.05) is 6.58 Å². The first-order valence-electron chi connectivity index (χ1n) is 2.35. The molecular weight excluding hydrogens is 116 g/mol. The van der Waals surface area contributed by atoms with Crippen LogP contribution in [-0.2, 0) is 0 Å². The van der Waals surface area contributed by atoms with Gasteiger partial charge in [-0.15, -0.1) is 0 Å². The largest absolute Gasteiger partial charge is 0.225 e. The van der Waals surface area contributed by atoms with Gasteiger partial charge in [0.15, 0.2) is 0 Å². The minimum atomic E-state index is 0.528. The molecule has 4 heteroatoms. The quantitative estimate of drug-likeness (QED) is 0.465. The highest BCUT2D eigenvalue weighted by Crippen LogP contribution is 2.02. The van der Waals surface area contributed by atoms with Crippen molar-refractivity contribution >= 4 is 19.4 Å². The van der Waals surface area contributed by atoms with Crippen molar-refractivity contribution in [2.45, 2.75) is 0 Å². The monoisotopic (exact) mass is 122 g/mol. The van der Waals surface area contributed by atoms with Crippen molar-refractivity contribution in [1.29, 1.82) is 0 Å². The Labute approximate surface area is 52.9 Å². The van der Waals surface area contributed by atoms with Crippen LogP contribution in [0, 0.1) is 0 Å². The molecule has 9 heavy (non-hydrogen) atoms. The first-order chi connectivity index (χ1) is 4.34. The van der Waals surface area contributed by atoms with Crippen LogP contribution in [0.25, 0.3) is 0 Å². The highest BCUT2D eigenvalue weighted by atomic mass is 15.5. The lowest BCUT2D eigenvalue weighted by Crippen LogP contribution is -2.14. The fourth-order valence-corrected chi connectivity index (χ4v) is 0.437. The van der Waals surface area contributed by atoms with Crippen LogP contribution in [0.4, 0.5) is 0 Å². The highest BCUT2D eigenvalue weighted by molar-refractivity contribution is 5.75. The Balaban J connectivity index is 2.77. The summed E-state index contributed by atoms with van der Waals surface area (Å²) >= 11 is 0. The van der Waals surface area contributed by atoms with Crippen molar-refractivity contribution in [3.8, 4) is 0 Å². The molecule has 1 rings (SSSR count). The number of aliphatic imine (C=N–C) groups is 2. The summed E-state index contributed by atoms with van der Waals surface area (Å²) in [7, 11) is 0. The summed E-state index contributed by atoms with van der Waals surface area (Å²) < 4.78 is 0. The molecular formula is C5H6N4. The Morgan fingerprint density at radius 3 is 2.89 bits per heavy atom. The molecule has 0 unspecified atom stereocenters. The smallest absolute Gasteiger partial charge is 0.149 e. The second-order valence-corrected chi connectivity index (χ2v) is 1.41. The van der Waals surface area contributed by atoms with E-state index in [2.05, 4.69) is 28.4 Å². The topological polar surface area (TPSA) is 40.3 Å². The first kappa shape index (κ1) is 5.68. The van der Waals surface area contributed by atoms with Gasteiger partial charge in [0.1, 0.15) is 18.5 Å². The maximum absolute atomic E-state index is 3.76. The van der Waals surface area contributed by atoms with Crippen LogP contribution in [0.3, 0.4) is 0 Å². The van der Waals surface area contributed by atoms with E-state index < -0.39 is 0 Å². The van der Waals surface area contributed by atoms with Crippen molar-refractivity contribution in [1.82, 2.24) is 5.01 Å². The molecule has 1 aliphatic rings. The van der Waals surface area contributed by atoms with Gasteiger partial charge in [0.2, 0.25) is 0 Å². The van der Waals surface area contributed by atoms with E-state index in [0.29, 0.717) is 5.82 Å². The molecule has 0 fully saturated rings.